The van der Waals surface area contributed by atoms with Crippen LogP contribution in [0.2, 0.25) is 0 Å². The monoisotopic (exact) mass is 597 g/mol. The standard InChI is InChI=1S/C30H38F3NO8/c1-18-14-28-8-5-10-34(28)11-6-19-12-21-22(41-17-40-21)13-20(19)24(28)25(18)42-26(36)29(38,9-4-7-27(2,3)37)15-23(35)39-16-30(31,32)33/h12-14,24-25,37-38H,4-11,15-17H2,1-3H3/t24-,25?,28?,29?/m1/s1. The molecule has 1 spiro atoms. The normalized spacial score (nSPS) is 26.4. The largest absolute Gasteiger partial charge is 0.456 e. The summed E-state index contributed by atoms with van der Waals surface area (Å²) in [4.78, 5) is 28.5. The molecular weight excluding hydrogens is 559 g/mol. The maximum absolute atomic E-state index is 13.8. The molecule has 9 nitrogen and oxygen atoms in total. The second-order valence-electron chi connectivity index (χ2n) is 12.6. The highest BCUT2D eigenvalue weighted by Crippen LogP contribution is 2.55. The quantitative estimate of drug-likeness (QED) is 0.323. The maximum atomic E-state index is 13.8. The average molecular weight is 598 g/mol. The highest BCUT2D eigenvalue weighted by molar-refractivity contribution is 5.86. The van der Waals surface area contributed by atoms with Gasteiger partial charge in [-0.05, 0) is 94.7 Å². The molecule has 1 aromatic carbocycles. The van der Waals surface area contributed by atoms with E-state index >= 15 is 0 Å². The Bertz CT molecular complexity index is 1260. The van der Waals surface area contributed by atoms with E-state index in [0.717, 1.165) is 49.1 Å². The van der Waals surface area contributed by atoms with Crippen LogP contribution in [0.4, 0.5) is 13.2 Å². The van der Waals surface area contributed by atoms with E-state index in [9.17, 15) is 33.0 Å². The van der Waals surface area contributed by atoms with Crippen LogP contribution in [-0.4, -0.2) is 82.6 Å². The van der Waals surface area contributed by atoms with Crippen LogP contribution < -0.4 is 9.47 Å². The molecule has 2 N–H and O–H groups in total. The fourth-order valence-corrected chi connectivity index (χ4v) is 6.95. The third-order valence-corrected chi connectivity index (χ3v) is 8.81. The maximum Gasteiger partial charge on any atom is 0.422 e. The van der Waals surface area contributed by atoms with Crippen molar-refractivity contribution in [3.05, 3.63) is 34.9 Å². The first-order chi connectivity index (χ1) is 19.6. The molecule has 1 aliphatic carbocycles. The minimum absolute atomic E-state index is 0.106. The predicted octanol–water partition coefficient (Wildman–Crippen LogP) is 3.93. The summed E-state index contributed by atoms with van der Waals surface area (Å²) in [7, 11) is 0. The van der Waals surface area contributed by atoms with E-state index in [1.807, 2.05) is 19.1 Å². The lowest BCUT2D eigenvalue weighted by atomic mass is 9.77. The summed E-state index contributed by atoms with van der Waals surface area (Å²) >= 11 is 0. The van der Waals surface area contributed by atoms with E-state index in [4.69, 9.17) is 14.2 Å². The van der Waals surface area contributed by atoms with Crippen LogP contribution in [-0.2, 0) is 25.5 Å². The molecule has 1 aromatic rings. The van der Waals surface area contributed by atoms with Gasteiger partial charge in [0.2, 0.25) is 6.79 Å². The third-order valence-electron chi connectivity index (χ3n) is 8.81. The number of ether oxygens (including phenoxy) is 4. The molecule has 0 amide bonds. The Balaban J connectivity index is 1.44. The van der Waals surface area contributed by atoms with Gasteiger partial charge in [-0.15, -0.1) is 0 Å². The summed E-state index contributed by atoms with van der Waals surface area (Å²) in [6.07, 6.45) is -1.95. The van der Waals surface area contributed by atoms with Crippen molar-refractivity contribution in [2.75, 3.05) is 26.5 Å². The Morgan fingerprint density at radius 2 is 1.83 bits per heavy atom. The van der Waals surface area contributed by atoms with Gasteiger partial charge in [0.25, 0.3) is 0 Å². The Morgan fingerprint density at radius 1 is 1.12 bits per heavy atom. The minimum Gasteiger partial charge on any atom is -0.456 e. The Kier molecular flexibility index (Phi) is 8.04. The second kappa shape index (κ2) is 11.0. The molecule has 0 aromatic heterocycles. The topological polar surface area (TPSA) is 115 Å². The van der Waals surface area contributed by atoms with E-state index in [1.165, 1.54) is 0 Å². The number of nitrogens with zero attached hydrogens (tertiary/aromatic N) is 1. The van der Waals surface area contributed by atoms with E-state index < -0.39 is 54.0 Å². The predicted molar refractivity (Wildman–Crippen MR) is 143 cm³/mol. The van der Waals surface area contributed by atoms with Crippen molar-refractivity contribution in [1.29, 1.82) is 0 Å². The molecule has 42 heavy (non-hydrogen) atoms. The van der Waals surface area contributed by atoms with E-state index in [1.54, 1.807) is 13.8 Å². The number of carbonyl (C=O) groups is 2. The molecule has 0 bridgehead atoms. The van der Waals surface area contributed by atoms with E-state index in [-0.39, 0.29) is 32.0 Å². The lowest BCUT2D eigenvalue weighted by Gasteiger charge is -2.40. The van der Waals surface area contributed by atoms with Crippen molar-refractivity contribution in [1.82, 2.24) is 4.90 Å². The number of alkyl halides is 3. The molecule has 1 saturated heterocycles. The number of rotatable bonds is 9. The SMILES string of the molecule is CC1=CC23CCCN2CCc2cc4c(cc2[C@@H]3C1OC(=O)C(O)(CCCC(C)(C)O)CC(=O)OCC(F)(F)F)OCO4. The lowest BCUT2D eigenvalue weighted by molar-refractivity contribution is -0.193. The molecule has 0 saturated carbocycles. The van der Waals surface area contributed by atoms with Gasteiger partial charge in [0, 0.05) is 12.5 Å². The van der Waals surface area contributed by atoms with Crippen LogP contribution in [0, 0.1) is 0 Å². The van der Waals surface area contributed by atoms with Gasteiger partial charge in [-0.3, -0.25) is 9.69 Å². The van der Waals surface area contributed by atoms with Gasteiger partial charge in [-0.25, -0.2) is 4.79 Å². The molecule has 12 heteroatoms. The molecule has 0 radical (unpaired) electrons. The zero-order valence-electron chi connectivity index (χ0n) is 24.1. The van der Waals surface area contributed by atoms with Crippen molar-refractivity contribution < 1.29 is 51.9 Å². The molecule has 4 atom stereocenters. The van der Waals surface area contributed by atoms with Crippen molar-refractivity contribution in [2.24, 2.45) is 0 Å². The van der Waals surface area contributed by atoms with Gasteiger partial charge in [-0.1, -0.05) is 6.08 Å². The molecule has 4 aliphatic rings. The summed E-state index contributed by atoms with van der Waals surface area (Å²) in [6, 6.07) is 3.90. The first-order valence-corrected chi connectivity index (χ1v) is 14.4. The summed E-state index contributed by atoms with van der Waals surface area (Å²) in [5.41, 5.74) is -1.24. The Morgan fingerprint density at radius 3 is 2.52 bits per heavy atom. The van der Waals surface area contributed by atoms with Gasteiger partial charge in [0.15, 0.2) is 23.7 Å². The summed E-state index contributed by atoms with van der Waals surface area (Å²) in [6.45, 7) is 4.89. The van der Waals surface area contributed by atoms with Crippen LogP contribution in [0.15, 0.2) is 23.8 Å². The average Bonchev–Trinajstić information content (AvgIpc) is 3.55. The Hall–Kier alpha value is -2.83. The van der Waals surface area contributed by atoms with Crippen LogP contribution in [0.1, 0.15) is 76.3 Å². The van der Waals surface area contributed by atoms with Gasteiger partial charge in [0.05, 0.1) is 17.6 Å². The van der Waals surface area contributed by atoms with E-state index in [0.29, 0.717) is 11.5 Å². The number of hydrogen-bond acceptors (Lipinski definition) is 9. The van der Waals surface area contributed by atoms with Crippen molar-refractivity contribution >= 4 is 11.9 Å². The number of benzene rings is 1. The molecule has 3 aliphatic heterocycles. The highest BCUT2D eigenvalue weighted by Gasteiger charge is 2.57. The number of hydrogen-bond donors (Lipinski definition) is 2. The van der Waals surface area contributed by atoms with Gasteiger partial charge in [0.1, 0.15) is 6.10 Å². The van der Waals surface area contributed by atoms with Crippen molar-refractivity contribution in [3.8, 4) is 11.5 Å². The van der Waals surface area contributed by atoms with E-state index in [2.05, 4.69) is 15.7 Å². The van der Waals surface area contributed by atoms with Gasteiger partial charge in [-0.2, -0.15) is 13.2 Å². The third kappa shape index (κ3) is 6.12. The zero-order chi connectivity index (χ0) is 30.5. The fourth-order valence-electron chi connectivity index (χ4n) is 6.95. The van der Waals surface area contributed by atoms with Crippen LogP contribution in [0.3, 0.4) is 0 Å². The zero-order valence-corrected chi connectivity index (χ0v) is 24.1. The van der Waals surface area contributed by atoms with Gasteiger partial charge >= 0.3 is 18.1 Å². The molecule has 3 heterocycles. The molecule has 1 fully saturated rings. The molecular formula is C30H38F3NO8. The Labute approximate surface area is 242 Å². The number of esters is 2. The van der Waals surface area contributed by atoms with Crippen LogP contribution in [0.25, 0.3) is 0 Å². The summed E-state index contributed by atoms with van der Waals surface area (Å²) in [5, 5.41) is 21.6. The smallest absolute Gasteiger partial charge is 0.422 e. The number of carbonyl (C=O) groups excluding carboxylic acids is 2. The fraction of sp³-hybridized carbons (Fsp3) is 0.667. The highest BCUT2D eigenvalue weighted by atomic mass is 19.4. The molecule has 5 rings (SSSR count). The first-order valence-electron chi connectivity index (χ1n) is 14.4. The minimum atomic E-state index is -4.76. The summed E-state index contributed by atoms with van der Waals surface area (Å²) in [5.74, 6) is -1.58. The summed E-state index contributed by atoms with van der Waals surface area (Å²) < 4.78 is 59.7. The van der Waals surface area contributed by atoms with Crippen LogP contribution >= 0.6 is 0 Å². The van der Waals surface area contributed by atoms with Crippen molar-refractivity contribution in [2.45, 2.75) is 101 Å². The molecule has 232 valence electrons. The number of halogens is 3. The lowest BCUT2D eigenvalue weighted by Crippen LogP contribution is -2.49. The van der Waals surface area contributed by atoms with Gasteiger partial charge < -0.3 is 29.2 Å². The second-order valence-corrected chi connectivity index (χ2v) is 12.6. The van der Waals surface area contributed by atoms with Crippen molar-refractivity contribution in [3.63, 3.8) is 0 Å². The number of aliphatic hydroxyl groups is 2. The van der Waals surface area contributed by atoms with Crippen LogP contribution in [0.5, 0.6) is 11.5 Å². The molecule has 3 unspecified atom stereocenters. The first kappa shape index (κ1) is 30.6. The number of fused-ring (bicyclic) bond motifs is 3.